The van der Waals surface area contributed by atoms with Gasteiger partial charge in [-0.15, -0.1) is 11.3 Å². The van der Waals surface area contributed by atoms with Crippen LogP contribution in [0.15, 0.2) is 48.5 Å². The van der Waals surface area contributed by atoms with Crippen molar-refractivity contribution in [2.45, 2.75) is 44.0 Å². The van der Waals surface area contributed by atoms with Gasteiger partial charge < -0.3 is 29.8 Å². The number of nitrogens with one attached hydrogen (secondary N) is 1. The molecule has 0 bridgehead atoms. The SMILES string of the molecule is O=C(NC1CCN(C(=O)[O-])CC1)c1cc2cc(OC3CCN(c4ccc(C(F)(F)F)cc4)CC3)ccc2s1. The molecule has 2 aliphatic rings. The normalized spacial score (nSPS) is 17.6. The third-order valence-corrected chi connectivity index (χ3v) is 8.22. The van der Waals surface area contributed by atoms with Gasteiger partial charge in [-0.1, -0.05) is 0 Å². The van der Waals surface area contributed by atoms with Crippen molar-refractivity contribution in [3.63, 3.8) is 0 Å². The van der Waals surface area contributed by atoms with Crippen LogP contribution in [0.4, 0.5) is 23.7 Å². The number of ether oxygens (including phenoxy) is 1. The van der Waals surface area contributed by atoms with Crippen molar-refractivity contribution in [3.8, 4) is 5.75 Å². The first-order valence-corrected chi connectivity index (χ1v) is 13.4. The summed E-state index contributed by atoms with van der Waals surface area (Å²) in [5.41, 5.74) is 0.120. The minimum absolute atomic E-state index is 0.00794. The largest absolute Gasteiger partial charge is 0.530 e. The van der Waals surface area contributed by atoms with Gasteiger partial charge in [0.05, 0.1) is 10.4 Å². The van der Waals surface area contributed by atoms with Gasteiger partial charge >= 0.3 is 6.18 Å². The van der Waals surface area contributed by atoms with Crippen LogP contribution < -0.4 is 20.1 Å². The fourth-order valence-corrected chi connectivity index (χ4v) is 5.90. The van der Waals surface area contributed by atoms with Crippen LogP contribution in [0.3, 0.4) is 0 Å². The maximum Gasteiger partial charge on any atom is 0.416 e. The summed E-state index contributed by atoms with van der Waals surface area (Å²) in [7, 11) is 0. The summed E-state index contributed by atoms with van der Waals surface area (Å²) in [5.74, 6) is 0.543. The number of fused-ring (bicyclic) bond motifs is 1. The van der Waals surface area contributed by atoms with Crippen molar-refractivity contribution in [1.29, 1.82) is 0 Å². The Hall–Kier alpha value is -3.47. The summed E-state index contributed by atoms with van der Waals surface area (Å²) in [6.07, 6.45) is -2.93. The first kappa shape index (κ1) is 26.1. The maximum atomic E-state index is 12.8. The Kier molecular flexibility index (Phi) is 7.38. The molecule has 202 valence electrons. The van der Waals surface area contributed by atoms with Crippen molar-refractivity contribution >= 4 is 39.1 Å². The molecule has 38 heavy (non-hydrogen) atoms. The van der Waals surface area contributed by atoms with E-state index in [0.29, 0.717) is 49.6 Å². The van der Waals surface area contributed by atoms with E-state index in [9.17, 15) is 27.9 Å². The third kappa shape index (κ3) is 5.98. The van der Waals surface area contributed by atoms with E-state index in [-0.39, 0.29) is 18.1 Å². The Morgan fingerprint density at radius 1 is 0.947 bits per heavy atom. The number of rotatable bonds is 5. The summed E-state index contributed by atoms with van der Waals surface area (Å²) in [5, 5.41) is 14.9. The molecule has 5 rings (SSSR count). The van der Waals surface area contributed by atoms with Crippen LogP contribution in [0.25, 0.3) is 10.1 Å². The van der Waals surface area contributed by atoms with Crippen LogP contribution in [-0.2, 0) is 6.18 Å². The lowest BCUT2D eigenvalue weighted by atomic mass is 10.1. The average molecular weight is 547 g/mol. The molecule has 1 aromatic heterocycles. The number of thiophene rings is 1. The van der Waals surface area contributed by atoms with E-state index in [1.54, 1.807) is 0 Å². The fourth-order valence-electron chi connectivity index (χ4n) is 4.96. The first-order chi connectivity index (χ1) is 18.2. The monoisotopic (exact) mass is 546 g/mol. The maximum absolute atomic E-state index is 12.8. The van der Waals surface area contributed by atoms with Gasteiger partial charge in [-0.3, -0.25) is 4.79 Å². The number of amides is 2. The fraction of sp³-hybridized carbons (Fsp3) is 0.407. The van der Waals surface area contributed by atoms with Gasteiger partial charge in [0.2, 0.25) is 0 Å². The third-order valence-electron chi connectivity index (χ3n) is 7.10. The zero-order valence-electron chi connectivity index (χ0n) is 20.5. The minimum Gasteiger partial charge on any atom is -0.530 e. The van der Waals surface area contributed by atoms with Gasteiger partial charge in [-0.05, 0) is 66.8 Å². The number of carbonyl (C=O) groups is 2. The van der Waals surface area contributed by atoms with Crippen molar-refractivity contribution in [3.05, 3.63) is 59.0 Å². The Morgan fingerprint density at radius 2 is 1.63 bits per heavy atom. The molecule has 11 heteroatoms. The zero-order chi connectivity index (χ0) is 26.9. The Labute approximate surface area is 221 Å². The molecular formula is C27H27F3N3O4S-. The summed E-state index contributed by atoms with van der Waals surface area (Å²) in [6, 6.07) is 12.8. The molecule has 7 nitrogen and oxygen atoms in total. The Bertz CT molecular complexity index is 1300. The van der Waals surface area contributed by atoms with E-state index in [1.165, 1.54) is 28.4 Å². The van der Waals surface area contributed by atoms with Gasteiger partial charge in [0.1, 0.15) is 17.9 Å². The number of carboxylic acid groups (broad SMARTS) is 1. The highest BCUT2D eigenvalue weighted by molar-refractivity contribution is 7.20. The number of alkyl halides is 3. The number of likely N-dealkylation sites (tertiary alicyclic amines) is 1. The van der Waals surface area contributed by atoms with Crippen molar-refractivity contribution in [2.75, 3.05) is 31.1 Å². The number of piperidine rings is 2. The van der Waals surface area contributed by atoms with Crippen LogP contribution in [0.2, 0.25) is 0 Å². The second-order valence-electron chi connectivity index (χ2n) is 9.66. The van der Waals surface area contributed by atoms with E-state index in [4.69, 9.17) is 4.74 Å². The second kappa shape index (κ2) is 10.7. The molecule has 0 unspecified atom stereocenters. The van der Waals surface area contributed by atoms with Gasteiger partial charge in [0.25, 0.3) is 5.91 Å². The van der Waals surface area contributed by atoms with Crippen LogP contribution in [0.5, 0.6) is 5.75 Å². The molecule has 2 aliphatic heterocycles. The molecule has 2 aromatic carbocycles. The molecule has 0 atom stereocenters. The van der Waals surface area contributed by atoms with E-state index in [2.05, 4.69) is 10.2 Å². The predicted octanol–water partition coefficient (Wildman–Crippen LogP) is 4.51. The van der Waals surface area contributed by atoms with E-state index >= 15 is 0 Å². The molecule has 3 heterocycles. The van der Waals surface area contributed by atoms with Crippen molar-refractivity contribution < 1.29 is 32.6 Å². The lowest BCUT2D eigenvalue weighted by Gasteiger charge is -2.33. The number of anilines is 1. The molecule has 2 saturated heterocycles. The highest BCUT2D eigenvalue weighted by Crippen LogP contribution is 2.33. The number of carbonyl (C=O) groups excluding carboxylic acids is 2. The second-order valence-corrected chi connectivity index (χ2v) is 10.7. The van der Waals surface area contributed by atoms with Gasteiger partial charge in [0, 0.05) is 55.4 Å². The summed E-state index contributed by atoms with van der Waals surface area (Å²) < 4.78 is 45.6. The van der Waals surface area contributed by atoms with Crippen molar-refractivity contribution in [2.24, 2.45) is 0 Å². The Balaban J connectivity index is 1.14. The first-order valence-electron chi connectivity index (χ1n) is 12.5. The van der Waals surface area contributed by atoms with Crippen LogP contribution in [0, 0.1) is 0 Å². The van der Waals surface area contributed by atoms with Gasteiger partial charge in [0.15, 0.2) is 0 Å². The minimum atomic E-state index is -4.34. The molecule has 3 aromatic rings. The Morgan fingerprint density at radius 3 is 2.26 bits per heavy atom. The molecule has 0 radical (unpaired) electrons. The quantitative estimate of drug-likeness (QED) is 0.509. The highest BCUT2D eigenvalue weighted by atomic mass is 32.1. The van der Waals surface area contributed by atoms with E-state index in [0.717, 1.165) is 40.7 Å². The van der Waals surface area contributed by atoms with Crippen LogP contribution >= 0.6 is 11.3 Å². The predicted molar refractivity (Wildman–Crippen MR) is 137 cm³/mol. The van der Waals surface area contributed by atoms with E-state index in [1.807, 2.05) is 24.3 Å². The van der Waals surface area contributed by atoms with Crippen molar-refractivity contribution in [1.82, 2.24) is 10.2 Å². The zero-order valence-corrected chi connectivity index (χ0v) is 21.3. The molecular weight excluding hydrogens is 519 g/mol. The molecule has 0 saturated carbocycles. The number of benzene rings is 2. The summed E-state index contributed by atoms with van der Waals surface area (Å²) >= 11 is 1.40. The molecule has 2 fully saturated rings. The molecule has 0 aliphatic carbocycles. The number of nitrogens with zero attached hydrogens (tertiary/aromatic N) is 2. The lowest BCUT2D eigenvalue weighted by Crippen LogP contribution is -2.50. The molecule has 0 spiro atoms. The molecule has 1 N–H and O–H groups in total. The summed E-state index contributed by atoms with van der Waals surface area (Å²) in [6.45, 7) is 2.07. The van der Waals surface area contributed by atoms with Gasteiger partial charge in [-0.2, -0.15) is 13.2 Å². The van der Waals surface area contributed by atoms with Crippen LogP contribution in [-0.4, -0.2) is 55.2 Å². The smallest absolute Gasteiger partial charge is 0.416 e. The average Bonchev–Trinajstić information content (AvgIpc) is 3.33. The lowest BCUT2D eigenvalue weighted by molar-refractivity contribution is -0.266. The van der Waals surface area contributed by atoms with E-state index < -0.39 is 17.8 Å². The number of hydrogen-bond acceptors (Lipinski definition) is 6. The number of halogens is 3. The van der Waals surface area contributed by atoms with Crippen LogP contribution in [0.1, 0.15) is 40.9 Å². The molecule has 2 amide bonds. The number of hydrogen-bond donors (Lipinski definition) is 1. The van der Waals surface area contributed by atoms with Gasteiger partial charge in [-0.25, -0.2) is 0 Å². The highest BCUT2D eigenvalue weighted by Gasteiger charge is 2.30. The topological polar surface area (TPSA) is 84.9 Å². The summed E-state index contributed by atoms with van der Waals surface area (Å²) in [4.78, 5) is 27.6. The standard InChI is InChI=1S/C27H28F3N3O4S/c28-27(29,30)18-1-3-20(4-2-18)32-13-9-21(10-14-32)37-22-5-6-23-17(15-22)16-24(38-23)25(34)31-19-7-11-33(12-8-19)26(35)36/h1-6,15-16,19,21H,7-14H2,(H,31,34)(H,35,36)/p-1.